The molecule has 2 heteroatoms. The van der Waals surface area contributed by atoms with Crippen molar-refractivity contribution in [2.75, 3.05) is 33.2 Å². The Hall–Kier alpha value is -0.0800. The van der Waals surface area contributed by atoms with Crippen molar-refractivity contribution < 1.29 is 0 Å². The standard InChI is InChI=1S/C18H38N2/c1-16(2)12-19-13-18(10-8-7-9-11-18)15-20(6)14-17(3,4)5/h16,19H,7-15H2,1-6H3. The highest BCUT2D eigenvalue weighted by atomic mass is 15.1. The lowest BCUT2D eigenvalue weighted by Gasteiger charge is -2.42. The summed E-state index contributed by atoms with van der Waals surface area (Å²) in [7, 11) is 2.31. The van der Waals surface area contributed by atoms with Gasteiger partial charge in [-0.25, -0.2) is 0 Å². The lowest BCUT2D eigenvalue weighted by Crippen LogP contribution is -2.46. The summed E-state index contributed by atoms with van der Waals surface area (Å²) in [6, 6.07) is 0. The third-order valence-corrected chi connectivity index (χ3v) is 4.32. The molecule has 0 heterocycles. The van der Waals surface area contributed by atoms with Crippen molar-refractivity contribution in [2.45, 2.75) is 66.7 Å². The van der Waals surface area contributed by atoms with Gasteiger partial charge in [0.2, 0.25) is 0 Å². The molecule has 0 spiro atoms. The third-order valence-electron chi connectivity index (χ3n) is 4.32. The van der Waals surface area contributed by atoms with E-state index in [1.54, 1.807) is 0 Å². The van der Waals surface area contributed by atoms with Gasteiger partial charge in [0.25, 0.3) is 0 Å². The Bertz CT molecular complexity index is 259. The Morgan fingerprint density at radius 2 is 1.70 bits per heavy atom. The van der Waals surface area contributed by atoms with Gasteiger partial charge in [0, 0.05) is 19.6 Å². The van der Waals surface area contributed by atoms with E-state index in [0.717, 1.165) is 12.5 Å². The van der Waals surface area contributed by atoms with Gasteiger partial charge in [0.1, 0.15) is 0 Å². The van der Waals surface area contributed by atoms with Gasteiger partial charge < -0.3 is 10.2 Å². The second-order valence-corrected chi connectivity index (χ2v) is 8.82. The van der Waals surface area contributed by atoms with E-state index in [4.69, 9.17) is 0 Å². The predicted octanol–water partition coefficient (Wildman–Crippen LogP) is 4.16. The first-order valence-electron chi connectivity index (χ1n) is 8.62. The summed E-state index contributed by atoms with van der Waals surface area (Å²) >= 11 is 0. The molecular weight excluding hydrogens is 244 g/mol. The fourth-order valence-electron chi connectivity index (χ4n) is 3.76. The fourth-order valence-corrected chi connectivity index (χ4v) is 3.76. The molecule has 0 amide bonds. The number of rotatable bonds is 7. The smallest absolute Gasteiger partial charge is 0.00473 e. The molecule has 1 rings (SSSR count). The van der Waals surface area contributed by atoms with Crippen molar-refractivity contribution in [2.24, 2.45) is 16.7 Å². The van der Waals surface area contributed by atoms with Crippen LogP contribution in [-0.4, -0.2) is 38.1 Å². The van der Waals surface area contributed by atoms with Crippen LogP contribution in [0.5, 0.6) is 0 Å². The van der Waals surface area contributed by atoms with Crippen molar-refractivity contribution in [3.63, 3.8) is 0 Å². The molecule has 1 N–H and O–H groups in total. The summed E-state index contributed by atoms with van der Waals surface area (Å²) in [6.07, 6.45) is 7.10. The van der Waals surface area contributed by atoms with Gasteiger partial charge in [-0.15, -0.1) is 0 Å². The maximum Gasteiger partial charge on any atom is 0.00473 e. The van der Waals surface area contributed by atoms with Gasteiger partial charge in [-0.3, -0.25) is 0 Å². The fraction of sp³-hybridized carbons (Fsp3) is 1.00. The lowest BCUT2D eigenvalue weighted by atomic mass is 9.73. The molecule has 0 radical (unpaired) electrons. The zero-order chi connectivity index (χ0) is 15.2. The molecule has 20 heavy (non-hydrogen) atoms. The molecule has 0 atom stereocenters. The number of hydrogen-bond donors (Lipinski definition) is 1. The van der Waals surface area contributed by atoms with Crippen LogP contribution in [0.1, 0.15) is 66.7 Å². The molecule has 0 bridgehead atoms. The summed E-state index contributed by atoms with van der Waals surface area (Å²) in [5.41, 5.74) is 0.920. The van der Waals surface area contributed by atoms with Gasteiger partial charge in [-0.1, -0.05) is 53.9 Å². The SMILES string of the molecule is CC(C)CNCC1(CN(C)CC(C)(C)C)CCCCC1. The molecule has 0 aromatic heterocycles. The summed E-state index contributed by atoms with van der Waals surface area (Å²) in [5, 5.41) is 3.74. The Labute approximate surface area is 127 Å². The Kier molecular flexibility index (Phi) is 7.00. The number of nitrogens with zero attached hydrogens (tertiary/aromatic N) is 1. The van der Waals surface area contributed by atoms with Crippen LogP contribution in [-0.2, 0) is 0 Å². The first kappa shape index (κ1) is 18.0. The minimum Gasteiger partial charge on any atom is -0.316 e. The molecule has 0 aromatic carbocycles. The quantitative estimate of drug-likeness (QED) is 0.754. The maximum atomic E-state index is 3.74. The van der Waals surface area contributed by atoms with Crippen LogP contribution >= 0.6 is 0 Å². The first-order valence-corrected chi connectivity index (χ1v) is 8.62. The van der Waals surface area contributed by atoms with Crippen LogP contribution in [0.2, 0.25) is 0 Å². The highest BCUT2D eigenvalue weighted by Gasteiger charge is 2.33. The van der Waals surface area contributed by atoms with Crippen molar-refractivity contribution in [1.82, 2.24) is 10.2 Å². The van der Waals surface area contributed by atoms with Crippen LogP contribution in [0.3, 0.4) is 0 Å². The second kappa shape index (κ2) is 7.79. The number of nitrogens with one attached hydrogen (secondary N) is 1. The molecule has 120 valence electrons. The van der Waals surface area contributed by atoms with E-state index < -0.39 is 0 Å². The molecular formula is C18H38N2. The zero-order valence-electron chi connectivity index (χ0n) is 14.9. The molecule has 0 unspecified atom stereocenters. The molecule has 2 nitrogen and oxygen atoms in total. The van der Waals surface area contributed by atoms with E-state index >= 15 is 0 Å². The maximum absolute atomic E-state index is 3.74. The van der Waals surface area contributed by atoms with E-state index in [1.165, 1.54) is 51.7 Å². The first-order chi connectivity index (χ1) is 9.22. The Balaban J connectivity index is 2.54. The van der Waals surface area contributed by atoms with Gasteiger partial charge >= 0.3 is 0 Å². The third kappa shape index (κ3) is 7.08. The van der Waals surface area contributed by atoms with E-state index in [-0.39, 0.29) is 0 Å². The van der Waals surface area contributed by atoms with Crippen LogP contribution in [0, 0.1) is 16.7 Å². The van der Waals surface area contributed by atoms with Crippen molar-refractivity contribution in [3.8, 4) is 0 Å². The minimum absolute atomic E-state index is 0.399. The van der Waals surface area contributed by atoms with Crippen molar-refractivity contribution in [1.29, 1.82) is 0 Å². The number of hydrogen-bond acceptors (Lipinski definition) is 2. The average Bonchev–Trinajstić information content (AvgIpc) is 2.26. The second-order valence-electron chi connectivity index (χ2n) is 8.82. The van der Waals surface area contributed by atoms with Crippen molar-refractivity contribution >= 4 is 0 Å². The summed E-state index contributed by atoms with van der Waals surface area (Å²) < 4.78 is 0. The summed E-state index contributed by atoms with van der Waals surface area (Å²) in [6.45, 7) is 16.4. The summed E-state index contributed by atoms with van der Waals surface area (Å²) in [5.74, 6) is 0.753. The Morgan fingerprint density at radius 1 is 1.10 bits per heavy atom. The van der Waals surface area contributed by atoms with E-state index in [0.29, 0.717) is 10.8 Å². The van der Waals surface area contributed by atoms with Gasteiger partial charge in [0.05, 0.1) is 0 Å². The topological polar surface area (TPSA) is 15.3 Å². The predicted molar refractivity (Wildman–Crippen MR) is 90.2 cm³/mol. The highest BCUT2D eigenvalue weighted by molar-refractivity contribution is 4.88. The molecule has 1 fully saturated rings. The lowest BCUT2D eigenvalue weighted by molar-refractivity contribution is 0.0968. The van der Waals surface area contributed by atoms with Gasteiger partial charge in [0.15, 0.2) is 0 Å². The van der Waals surface area contributed by atoms with Gasteiger partial charge in [-0.2, -0.15) is 0 Å². The summed E-state index contributed by atoms with van der Waals surface area (Å²) in [4.78, 5) is 2.57. The van der Waals surface area contributed by atoms with Gasteiger partial charge in [-0.05, 0) is 43.2 Å². The van der Waals surface area contributed by atoms with Crippen LogP contribution in [0.4, 0.5) is 0 Å². The van der Waals surface area contributed by atoms with E-state index in [1.807, 2.05) is 0 Å². The normalized spacial score (nSPS) is 19.8. The highest BCUT2D eigenvalue weighted by Crippen LogP contribution is 2.36. The molecule has 0 saturated heterocycles. The molecule has 1 saturated carbocycles. The molecule has 1 aliphatic carbocycles. The van der Waals surface area contributed by atoms with Crippen LogP contribution in [0.25, 0.3) is 0 Å². The minimum atomic E-state index is 0.399. The van der Waals surface area contributed by atoms with Crippen molar-refractivity contribution in [3.05, 3.63) is 0 Å². The van der Waals surface area contributed by atoms with E-state index in [9.17, 15) is 0 Å². The average molecular weight is 283 g/mol. The Morgan fingerprint density at radius 3 is 2.20 bits per heavy atom. The van der Waals surface area contributed by atoms with E-state index in [2.05, 4.69) is 51.9 Å². The molecule has 1 aliphatic rings. The monoisotopic (exact) mass is 282 g/mol. The van der Waals surface area contributed by atoms with Crippen LogP contribution < -0.4 is 5.32 Å². The van der Waals surface area contributed by atoms with Crippen LogP contribution in [0.15, 0.2) is 0 Å². The molecule has 0 aromatic rings. The largest absolute Gasteiger partial charge is 0.316 e. The zero-order valence-corrected chi connectivity index (χ0v) is 14.9. The molecule has 0 aliphatic heterocycles.